The first-order valence-electron chi connectivity index (χ1n) is 8.24. The molecule has 0 bridgehead atoms. The number of thioether (sulfide) groups is 1. The molecule has 27 heavy (non-hydrogen) atoms. The summed E-state index contributed by atoms with van der Waals surface area (Å²) >= 11 is 1.06. The SMILES string of the molecule is CN(C(=O)c1ccccc1C(=O)c1ccccc1)c1ccc(SC#N)cc1. The van der Waals surface area contributed by atoms with E-state index < -0.39 is 0 Å². The average molecular weight is 372 g/mol. The van der Waals surface area contributed by atoms with Crippen molar-refractivity contribution in [3.63, 3.8) is 0 Å². The Morgan fingerprint density at radius 3 is 2.07 bits per heavy atom. The van der Waals surface area contributed by atoms with Gasteiger partial charge in [0, 0.05) is 28.8 Å². The highest BCUT2D eigenvalue weighted by Gasteiger charge is 2.21. The molecule has 3 rings (SSSR count). The second kappa shape index (κ2) is 8.35. The van der Waals surface area contributed by atoms with E-state index >= 15 is 0 Å². The lowest BCUT2D eigenvalue weighted by Gasteiger charge is -2.19. The Balaban J connectivity index is 1.91. The second-order valence-electron chi connectivity index (χ2n) is 5.79. The van der Waals surface area contributed by atoms with Gasteiger partial charge in [-0.15, -0.1) is 0 Å². The number of ketones is 1. The first-order chi connectivity index (χ1) is 13.1. The van der Waals surface area contributed by atoms with Gasteiger partial charge in [0.05, 0.1) is 5.56 Å². The number of hydrogen-bond acceptors (Lipinski definition) is 4. The van der Waals surface area contributed by atoms with Gasteiger partial charge in [0.15, 0.2) is 5.78 Å². The third kappa shape index (κ3) is 4.08. The highest BCUT2D eigenvalue weighted by molar-refractivity contribution is 8.03. The van der Waals surface area contributed by atoms with Crippen molar-refractivity contribution in [3.05, 3.63) is 95.6 Å². The predicted octanol–water partition coefficient (Wildman–Crippen LogP) is 4.77. The zero-order chi connectivity index (χ0) is 19.2. The molecule has 3 aromatic rings. The molecule has 4 nitrogen and oxygen atoms in total. The van der Waals surface area contributed by atoms with E-state index in [4.69, 9.17) is 5.26 Å². The molecule has 0 saturated carbocycles. The zero-order valence-corrected chi connectivity index (χ0v) is 15.4. The summed E-state index contributed by atoms with van der Waals surface area (Å²) in [6.07, 6.45) is 0. The molecule has 0 aromatic heterocycles. The molecular weight excluding hydrogens is 356 g/mol. The maximum Gasteiger partial charge on any atom is 0.258 e. The van der Waals surface area contributed by atoms with Crippen LogP contribution < -0.4 is 4.90 Å². The Labute approximate surface area is 162 Å². The monoisotopic (exact) mass is 372 g/mol. The minimum absolute atomic E-state index is 0.186. The molecule has 0 aliphatic carbocycles. The van der Waals surface area contributed by atoms with E-state index in [1.54, 1.807) is 79.8 Å². The zero-order valence-electron chi connectivity index (χ0n) is 14.6. The normalized spacial score (nSPS) is 10.1. The van der Waals surface area contributed by atoms with E-state index in [-0.39, 0.29) is 11.7 Å². The largest absolute Gasteiger partial charge is 0.311 e. The van der Waals surface area contributed by atoms with Crippen LogP contribution in [0.5, 0.6) is 0 Å². The van der Waals surface area contributed by atoms with Crippen molar-refractivity contribution in [3.8, 4) is 5.40 Å². The van der Waals surface area contributed by atoms with Crippen molar-refractivity contribution < 1.29 is 9.59 Å². The van der Waals surface area contributed by atoms with Gasteiger partial charge in [-0.05, 0) is 42.1 Å². The standard InChI is InChI=1S/C22H16N2O2S/c1-24(17-11-13-18(14-12-17)27-15-23)22(26)20-10-6-5-9-19(20)21(25)16-7-3-2-4-8-16/h2-14H,1H3. The Bertz CT molecular complexity index is 1010. The molecule has 0 N–H and O–H groups in total. The van der Waals surface area contributed by atoms with E-state index in [0.717, 1.165) is 16.7 Å². The Morgan fingerprint density at radius 2 is 1.44 bits per heavy atom. The number of carbonyl (C=O) groups excluding carboxylic acids is 2. The van der Waals surface area contributed by atoms with Gasteiger partial charge in [-0.2, -0.15) is 5.26 Å². The van der Waals surface area contributed by atoms with Crippen molar-refractivity contribution in [2.45, 2.75) is 4.90 Å². The third-order valence-electron chi connectivity index (χ3n) is 4.13. The maximum atomic E-state index is 13.0. The predicted molar refractivity (Wildman–Crippen MR) is 107 cm³/mol. The summed E-state index contributed by atoms with van der Waals surface area (Å²) in [6, 6.07) is 22.9. The van der Waals surface area contributed by atoms with Crippen LogP contribution >= 0.6 is 11.8 Å². The quantitative estimate of drug-likeness (QED) is 0.368. The van der Waals surface area contributed by atoms with Gasteiger partial charge in [0.2, 0.25) is 0 Å². The Kier molecular flexibility index (Phi) is 5.70. The lowest BCUT2D eigenvalue weighted by molar-refractivity contribution is 0.0976. The number of benzene rings is 3. The lowest BCUT2D eigenvalue weighted by Crippen LogP contribution is -2.28. The molecule has 0 unspecified atom stereocenters. The molecule has 5 heteroatoms. The number of thiocyanates is 1. The maximum absolute atomic E-state index is 13.0. The van der Waals surface area contributed by atoms with Crippen LogP contribution in [0.25, 0.3) is 0 Å². The van der Waals surface area contributed by atoms with E-state index in [2.05, 4.69) is 0 Å². The number of nitriles is 1. The molecule has 0 spiro atoms. The summed E-state index contributed by atoms with van der Waals surface area (Å²) in [7, 11) is 1.67. The van der Waals surface area contributed by atoms with Crippen LogP contribution in [0.4, 0.5) is 5.69 Å². The molecule has 0 fully saturated rings. The van der Waals surface area contributed by atoms with Crippen molar-refractivity contribution in [2.75, 3.05) is 11.9 Å². The molecule has 0 heterocycles. The van der Waals surface area contributed by atoms with Gasteiger partial charge in [-0.25, -0.2) is 0 Å². The second-order valence-corrected chi connectivity index (χ2v) is 6.65. The van der Waals surface area contributed by atoms with Gasteiger partial charge in [0.25, 0.3) is 5.91 Å². The lowest BCUT2D eigenvalue weighted by atomic mass is 9.97. The molecule has 0 saturated heterocycles. The van der Waals surface area contributed by atoms with Crippen LogP contribution in [0.1, 0.15) is 26.3 Å². The molecule has 0 atom stereocenters. The average Bonchev–Trinajstić information content (AvgIpc) is 2.73. The highest BCUT2D eigenvalue weighted by Crippen LogP contribution is 2.23. The van der Waals surface area contributed by atoms with Crippen molar-refractivity contribution in [2.24, 2.45) is 0 Å². The molecule has 0 radical (unpaired) electrons. The fourth-order valence-electron chi connectivity index (χ4n) is 2.70. The Hall–Kier alpha value is -3.36. The summed E-state index contributed by atoms with van der Waals surface area (Å²) in [5.74, 6) is -0.454. The molecule has 132 valence electrons. The van der Waals surface area contributed by atoms with Gasteiger partial charge in [0.1, 0.15) is 5.40 Å². The highest BCUT2D eigenvalue weighted by atomic mass is 32.2. The van der Waals surface area contributed by atoms with Crippen molar-refractivity contribution >= 4 is 29.1 Å². The van der Waals surface area contributed by atoms with Crippen LogP contribution in [0.3, 0.4) is 0 Å². The van der Waals surface area contributed by atoms with Crippen molar-refractivity contribution in [1.82, 2.24) is 0 Å². The number of anilines is 1. The molecule has 0 aliphatic heterocycles. The summed E-state index contributed by atoms with van der Waals surface area (Å²) in [5.41, 5.74) is 1.95. The number of rotatable bonds is 5. The summed E-state index contributed by atoms with van der Waals surface area (Å²) < 4.78 is 0. The smallest absolute Gasteiger partial charge is 0.258 e. The topological polar surface area (TPSA) is 61.2 Å². The summed E-state index contributed by atoms with van der Waals surface area (Å²) in [4.78, 5) is 28.2. The first kappa shape index (κ1) is 18.4. The van der Waals surface area contributed by atoms with Crippen LogP contribution in [-0.4, -0.2) is 18.7 Å². The fourth-order valence-corrected chi connectivity index (χ4v) is 3.08. The van der Waals surface area contributed by atoms with E-state index in [1.807, 2.05) is 11.5 Å². The fraction of sp³-hybridized carbons (Fsp3) is 0.0455. The van der Waals surface area contributed by atoms with E-state index in [1.165, 1.54) is 4.90 Å². The van der Waals surface area contributed by atoms with Crippen molar-refractivity contribution in [1.29, 1.82) is 5.26 Å². The van der Waals surface area contributed by atoms with Crippen LogP contribution in [0.15, 0.2) is 83.8 Å². The number of amides is 1. The van der Waals surface area contributed by atoms with Gasteiger partial charge in [-0.3, -0.25) is 9.59 Å². The van der Waals surface area contributed by atoms with Gasteiger partial charge < -0.3 is 4.90 Å². The molecule has 0 aliphatic rings. The number of hydrogen-bond donors (Lipinski definition) is 0. The first-order valence-corrected chi connectivity index (χ1v) is 9.06. The van der Waals surface area contributed by atoms with Gasteiger partial charge in [-0.1, -0.05) is 48.5 Å². The van der Waals surface area contributed by atoms with E-state index in [0.29, 0.717) is 22.4 Å². The van der Waals surface area contributed by atoms with Crippen LogP contribution in [0, 0.1) is 10.7 Å². The van der Waals surface area contributed by atoms with E-state index in [9.17, 15) is 9.59 Å². The molecule has 3 aromatic carbocycles. The Morgan fingerprint density at radius 1 is 0.852 bits per heavy atom. The third-order valence-corrected chi connectivity index (χ3v) is 4.73. The minimum atomic E-state index is -0.268. The molecular formula is C22H16N2O2S. The summed E-state index contributed by atoms with van der Waals surface area (Å²) in [5, 5.41) is 10.7. The molecule has 1 amide bonds. The van der Waals surface area contributed by atoms with Crippen LogP contribution in [0.2, 0.25) is 0 Å². The van der Waals surface area contributed by atoms with Crippen LogP contribution in [-0.2, 0) is 0 Å². The summed E-state index contributed by atoms with van der Waals surface area (Å²) in [6.45, 7) is 0. The minimum Gasteiger partial charge on any atom is -0.311 e. The number of nitrogens with zero attached hydrogens (tertiary/aromatic N) is 2. The van der Waals surface area contributed by atoms with Gasteiger partial charge >= 0.3 is 0 Å². The number of carbonyl (C=O) groups is 2.